The van der Waals surface area contributed by atoms with Gasteiger partial charge in [0.15, 0.2) is 0 Å². The summed E-state index contributed by atoms with van der Waals surface area (Å²) in [6.07, 6.45) is 0.820. The van der Waals surface area contributed by atoms with Crippen LogP contribution in [0, 0.1) is 18.3 Å². The molecule has 72 valence electrons. The average molecular weight is 190 g/mol. The maximum Gasteiger partial charge on any atom is 0.253 e. The summed E-state index contributed by atoms with van der Waals surface area (Å²) in [4.78, 5) is 11.5. The molecule has 0 aromatic carbocycles. The monoisotopic (exact) mass is 190 g/mol. The fourth-order valence-corrected chi connectivity index (χ4v) is 1.63. The van der Waals surface area contributed by atoms with E-state index < -0.39 is 0 Å². The van der Waals surface area contributed by atoms with Crippen LogP contribution in [-0.4, -0.2) is 11.2 Å². The third kappa shape index (κ3) is 1.18. The summed E-state index contributed by atoms with van der Waals surface area (Å²) in [7, 11) is 0. The van der Waals surface area contributed by atoms with E-state index in [1.807, 2.05) is 0 Å². The van der Waals surface area contributed by atoms with Crippen LogP contribution in [0.5, 0.6) is 5.88 Å². The topological polar surface area (TPSA) is 55.0 Å². The number of aromatic nitrogens is 1. The van der Waals surface area contributed by atoms with Gasteiger partial charge in [0.25, 0.3) is 5.56 Å². The fourth-order valence-electron chi connectivity index (χ4n) is 1.63. The molecule has 0 spiro atoms. The molecule has 1 aromatic heterocycles. The van der Waals surface area contributed by atoms with Crippen LogP contribution in [-0.2, 0) is 6.54 Å². The molecular formula is C10H10N2O2. The second kappa shape index (κ2) is 3.18. The molecule has 4 nitrogen and oxygen atoms in total. The number of ether oxygens (including phenoxy) is 1. The van der Waals surface area contributed by atoms with E-state index in [1.165, 1.54) is 10.6 Å². The molecule has 1 aliphatic rings. The quantitative estimate of drug-likeness (QED) is 0.608. The number of hydrogen-bond acceptors (Lipinski definition) is 3. The molecule has 4 heteroatoms. The van der Waals surface area contributed by atoms with Gasteiger partial charge < -0.3 is 4.74 Å². The summed E-state index contributed by atoms with van der Waals surface area (Å²) < 4.78 is 6.87. The van der Waals surface area contributed by atoms with Gasteiger partial charge >= 0.3 is 0 Å². The van der Waals surface area contributed by atoms with Crippen molar-refractivity contribution in [2.24, 2.45) is 0 Å². The molecule has 14 heavy (non-hydrogen) atoms. The Labute approximate surface area is 81.3 Å². The average Bonchev–Trinajstić information content (AvgIpc) is 2.18. The van der Waals surface area contributed by atoms with E-state index in [9.17, 15) is 4.79 Å². The molecule has 0 bridgehead atoms. The summed E-state index contributed by atoms with van der Waals surface area (Å²) >= 11 is 0. The van der Waals surface area contributed by atoms with Gasteiger partial charge in [-0.1, -0.05) is 0 Å². The van der Waals surface area contributed by atoms with Crippen molar-refractivity contribution in [2.45, 2.75) is 19.9 Å². The van der Waals surface area contributed by atoms with E-state index in [0.717, 1.165) is 6.42 Å². The van der Waals surface area contributed by atoms with Crippen LogP contribution in [0.25, 0.3) is 0 Å². The Bertz CT molecular complexity index is 468. The molecule has 2 rings (SSSR count). The van der Waals surface area contributed by atoms with E-state index in [-0.39, 0.29) is 5.56 Å². The van der Waals surface area contributed by atoms with Crippen molar-refractivity contribution in [3.8, 4) is 11.9 Å². The maximum absolute atomic E-state index is 11.5. The molecule has 0 radical (unpaired) electrons. The normalized spacial score (nSPS) is 14.0. The molecule has 0 amide bonds. The third-order valence-electron chi connectivity index (χ3n) is 2.34. The Morgan fingerprint density at radius 1 is 1.64 bits per heavy atom. The van der Waals surface area contributed by atoms with Crippen molar-refractivity contribution in [3.05, 3.63) is 27.5 Å². The van der Waals surface area contributed by atoms with Crippen LogP contribution >= 0.6 is 0 Å². The summed E-state index contributed by atoms with van der Waals surface area (Å²) in [6, 6.07) is 3.55. The summed E-state index contributed by atoms with van der Waals surface area (Å²) in [5.74, 6) is 0.434. The first kappa shape index (κ1) is 8.82. The van der Waals surface area contributed by atoms with Crippen molar-refractivity contribution >= 4 is 0 Å². The van der Waals surface area contributed by atoms with Crippen molar-refractivity contribution in [3.63, 3.8) is 0 Å². The smallest absolute Gasteiger partial charge is 0.253 e. The zero-order valence-corrected chi connectivity index (χ0v) is 7.91. The summed E-state index contributed by atoms with van der Waals surface area (Å²) in [5, 5.41) is 8.92. The Kier molecular flexibility index (Phi) is 2.01. The molecular weight excluding hydrogens is 180 g/mol. The highest BCUT2D eigenvalue weighted by Crippen LogP contribution is 2.22. The molecule has 1 aromatic rings. The summed E-state index contributed by atoms with van der Waals surface area (Å²) in [5.41, 5.74) is 1.08. The minimum Gasteiger partial charge on any atom is -0.478 e. The second-order valence-electron chi connectivity index (χ2n) is 3.31. The van der Waals surface area contributed by atoms with Gasteiger partial charge in [0.1, 0.15) is 11.6 Å². The van der Waals surface area contributed by atoms with Crippen LogP contribution in [0.15, 0.2) is 10.9 Å². The van der Waals surface area contributed by atoms with E-state index in [4.69, 9.17) is 10.00 Å². The number of fused-ring (bicyclic) bond motifs is 1. The second-order valence-corrected chi connectivity index (χ2v) is 3.31. The zero-order chi connectivity index (χ0) is 10.1. The van der Waals surface area contributed by atoms with Crippen LogP contribution in [0.3, 0.4) is 0 Å². The van der Waals surface area contributed by atoms with Gasteiger partial charge in [0.2, 0.25) is 5.88 Å². The van der Waals surface area contributed by atoms with Gasteiger partial charge in [-0.25, -0.2) is 0 Å². The largest absolute Gasteiger partial charge is 0.478 e. The SMILES string of the molecule is Cc1cc(=O)n2c(c1C#N)OCCC2. The number of aryl methyl sites for hydroxylation is 1. The van der Waals surface area contributed by atoms with Crippen LogP contribution < -0.4 is 10.3 Å². The van der Waals surface area contributed by atoms with Crippen LogP contribution in [0.2, 0.25) is 0 Å². The standard InChI is InChI=1S/C10H10N2O2/c1-7-5-9(13)12-3-2-4-14-10(12)8(7)6-11/h5H,2-4H2,1H3. The molecule has 0 saturated carbocycles. The molecule has 0 N–H and O–H groups in total. The zero-order valence-electron chi connectivity index (χ0n) is 7.91. The predicted octanol–water partition coefficient (Wildman–Crippen LogP) is 0.811. The first-order chi connectivity index (χ1) is 6.74. The highest BCUT2D eigenvalue weighted by Gasteiger charge is 2.17. The Balaban J connectivity index is 2.75. The molecule has 0 unspecified atom stereocenters. The number of hydrogen-bond donors (Lipinski definition) is 0. The van der Waals surface area contributed by atoms with Gasteiger partial charge in [-0.3, -0.25) is 9.36 Å². The van der Waals surface area contributed by atoms with Gasteiger partial charge in [0, 0.05) is 12.6 Å². The van der Waals surface area contributed by atoms with E-state index in [2.05, 4.69) is 6.07 Å². The van der Waals surface area contributed by atoms with Gasteiger partial charge in [0.05, 0.1) is 6.61 Å². The summed E-state index contributed by atoms with van der Waals surface area (Å²) in [6.45, 7) is 2.97. The third-order valence-corrected chi connectivity index (χ3v) is 2.34. The lowest BCUT2D eigenvalue weighted by Gasteiger charge is -2.20. The van der Waals surface area contributed by atoms with Crippen molar-refractivity contribution in [1.29, 1.82) is 5.26 Å². The number of nitrogens with zero attached hydrogens (tertiary/aromatic N) is 2. The lowest BCUT2D eigenvalue weighted by Crippen LogP contribution is -2.28. The highest BCUT2D eigenvalue weighted by molar-refractivity contribution is 5.44. The van der Waals surface area contributed by atoms with Crippen molar-refractivity contribution in [2.75, 3.05) is 6.61 Å². The first-order valence-electron chi connectivity index (χ1n) is 4.51. The van der Waals surface area contributed by atoms with E-state index in [1.54, 1.807) is 6.92 Å². The van der Waals surface area contributed by atoms with E-state index in [0.29, 0.717) is 30.2 Å². The molecule has 0 atom stereocenters. The molecule has 1 aliphatic heterocycles. The Morgan fingerprint density at radius 2 is 2.43 bits per heavy atom. The van der Waals surface area contributed by atoms with Crippen molar-refractivity contribution < 1.29 is 4.74 Å². The highest BCUT2D eigenvalue weighted by atomic mass is 16.5. The minimum absolute atomic E-state index is 0.0869. The number of nitriles is 1. The Morgan fingerprint density at radius 3 is 3.14 bits per heavy atom. The number of pyridine rings is 1. The Hall–Kier alpha value is -1.76. The first-order valence-corrected chi connectivity index (χ1v) is 4.51. The molecule has 2 heterocycles. The van der Waals surface area contributed by atoms with Gasteiger partial charge in [-0.05, 0) is 18.9 Å². The number of rotatable bonds is 0. The van der Waals surface area contributed by atoms with Crippen LogP contribution in [0.4, 0.5) is 0 Å². The van der Waals surface area contributed by atoms with Crippen LogP contribution in [0.1, 0.15) is 17.5 Å². The molecule has 0 fully saturated rings. The van der Waals surface area contributed by atoms with Gasteiger partial charge in [-0.15, -0.1) is 0 Å². The predicted molar refractivity (Wildman–Crippen MR) is 50.3 cm³/mol. The fraction of sp³-hybridized carbons (Fsp3) is 0.400. The lowest BCUT2D eigenvalue weighted by atomic mass is 10.1. The van der Waals surface area contributed by atoms with Gasteiger partial charge in [-0.2, -0.15) is 5.26 Å². The minimum atomic E-state index is -0.0869. The van der Waals surface area contributed by atoms with Crippen molar-refractivity contribution in [1.82, 2.24) is 4.57 Å². The maximum atomic E-state index is 11.5. The molecule has 0 aliphatic carbocycles. The molecule has 0 saturated heterocycles. The van der Waals surface area contributed by atoms with E-state index >= 15 is 0 Å². The lowest BCUT2D eigenvalue weighted by molar-refractivity contribution is 0.234.